The molecule has 0 aromatic heterocycles. The topological polar surface area (TPSA) is 82.1 Å². The van der Waals surface area contributed by atoms with Crippen LogP contribution in [-0.2, 0) is 19.6 Å². The van der Waals surface area contributed by atoms with Crippen LogP contribution in [0.15, 0.2) is 23.1 Å². The highest BCUT2D eigenvalue weighted by Gasteiger charge is 2.34. The van der Waals surface area contributed by atoms with Crippen LogP contribution in [0.25, 0.3) is 0 Å². The molecule has 1 fully saturated rings. The zero-order chi connectivity index (χ0) is 17.9. The van der Waals surface area contributed by atoms with E-state index >= 15 is 0 Å². The first kappa shape index (κ1) is 18.0. The molecule has 2 aliphatic rings. The van der Waals surface area contributed by atoms with E-state index in [0.29, 0.717) is 50.7 Å². The fraction of sp³-hybridized carbons (Fsp3) is 0.588. The van der Waals surface area contributed by atoms with E-state index in [1.807, 2.05) is 0 Å². The van der Waals surface area contributed by atoms with Crippen LogP contribution in [0, 0.1) is 5.92 Å². The molecule has 0 N–H and O–H groups in total. The van der Waals surface area contributed by atoms with Gasteiger partial charge in [0.1, 0.15) is 0 Å². The Balaban J connectivity index is 1.81. The fourth-order valence-electron chi connectivity index (χ4n) is 3.07. The van der Waals surface area contributed by atoms with Crippen LogP contribution >= 0.6 is 0 Å². The van der Waals surface area contributed by atoms with Crippen LogP contribution in [0.5, 0.6) is 11.5 Å². The summed E-state index contributed by atoms with van der Waals surface area (Å²) < 4.78 is 43.4. The van der Waals surface area contributed by atoms with Crippen molar-refractivity contribution in [1.29, 1.82) is 0 Å². The minimum absolute atomic E-state index is 0.148. The zero-order valence-corrected chi connectivity index (χ0v) is 15.1. The molecule has 1 aromatic rings. The first-order chi connectivity index (χ1) is 12.0. The third-order valence-electron chi connectivity index (χ3n) is 4.36. The SMILES string of the molecule is CCOC(=O)C1CCCN(S(=O)(=O)c2ccc3c(c2)OCCCO3)C1. The second kappa shape index (κ2) is 7.61. The first-order valence-electron chi connectivity index (χ1n) is 8.59. The van der Waals surface area contributed by atoms with Crippen molar-refractivity contribution in [2.24, 2.45) is 5.92 Å². The zero-order valence-electron chi connectivity index (χ0n) is 14.3. The number of rotatable bonds is 4. The van der Waals surface area contributed by atoms with Crippen molar-refractivity contribution in [3.05, 3.63) is 18.2 Å². The first-order valence-corrected chi connectivity index (χ1v) is 10.0. The Hall–Kier alpha value is -1.80. The highest BCUT2D eigenvalue weighted by atomic mass is 32.2. The van der Waals surface area contributed by atoms with E-state index in [1.165, 1.54) is 16.4 Å². The summed E-state index contributed by atoms with van der Waals surface area (Å²) >= 11 is 0. The highest BCUT2D eigenvalue weighted by molar-refractivity contribution is 7.89. The number of fused-ring (bicyclic) bond motifs is 1. The Bertz CT molecular complexity index is 733. The number of hydrogen-bond acceptors (Lipinski definition) is 6. The number of carbonyl (C=O) groups excluding carboxylic acids is 1. The summed E-state index contributed by atoms with van der Waals surface area (Å²) in [6, 6.07) is 4.65. The fourth-order valence-corrected chi connectivity index (χ4v) is 4.61. The maximum Gasteiger partial charge on any atom is 0.310 e. The monoisotopic (exact) mass is 369 g/mol. The maximum atomic E-state index is 13.0. The summed E-state index contributed by atoms with van der Waals surface area (Å²) in [6.07, 6.45) is 2.03. The molecule has 138 valence electrons. The summed E-state index contributed by atoms with van der Waals surface area (Å²) in [5, 5.41) is 0. The third-order valence-corrected chi connectivity index (χ3v) is 6.22. The molecule has 1 saturated heterocycles. The van der Waals surface area contributed by atoms with Gasteiger partial charge in [0.25, 0.3) is 0 Å². The van der Waals surface area contributed by atoms with Crippen LogP contribution in [-0.4, -0.2) is 51.6 Å². The van der Waals surface area contributed by atoms with Crippen molar-refractivity contribution < 1.29 is 27.4 Å². The molecule has 7 nitrogen and oxygen atoms in total. The summed E-state index contributed by atoms with van der Waals surface area (Å²) in [4.78, 5) is 12.1. The molecule has 1 aromatic carbocycles. The van der Waals surface area contributed by atoms with E-state index in [1.54, 1.807) is 13.0 Å². The summed E-state index contributed by atoms with van der Waals surface area (Å²) in [5.41, 5.74) is 0. The second-order valence-corrected chi connectivity index (χ2v) is 8.05. The van der Waals surface area contributed by atoms with Gasteiger partial charge in [-0.15, -0.1) is 0 Å². The van der Waals surface area contributed by atoms with Gasteiger partial charge >= 0.3 is 5.97 Å². The number of benzene rings is 1. The van der Waals surface area contributed by atoms with Gasteiger partial charge in [-0.1, -0.05) is 0 Å². The molecule has 8 heteroatoms. The normalized spacial score (nSPS) is 21.4. The van der Waals surface area contributed by atoms with Gasteiger partial charge in [0.05, 0.1) is 30.6 Å². The number of esters is 1. The average Bonchev–Trinajstić information content (AvgIpc) is 2.86. The van der Waals surface area contributed by atoms with Gasteiger partial charge < -0.3 is 14.2 Å². The molecule has 2 aliphatic heterocycles. The molecule has 0 bridgehead atoms. The standard InChI is InChI=1S/C17H23NO6S/c1-2-22-17(19)13-5-3-8-18(12-13)25(20,21)14-6-7-15-16(11-14)24-10-4-9-23-15/h6-7,11,13H,2-5,8-10,12H2,1H3. The lowest BCUT2D eigenvalue weighted by atomic mass is 10.0. The van der Waals surface area contributed by atoms with E-state index < -0.39 is 15.9 Å². The number of piperidine rings is 1. The van der Waals surface area contributed by atoms with Crippen LogP contribution < -0.4 is 9.47 Å². The number of sulfonamides is 1. The Morgan fingerprint density at radius 3 is 2.76 bits per heavy atom. The predicted octanol–water partition coefficient (Wildman–Crippen LogP) is 1.81. The lowest BCUT2D eigenvalue weighted by Crippen LogP contribution is -2.42. The van der Waals surface area contributed by atoms with Crippen molar-refractivity contribution in [3.63, 3.8) is 0 Å². The van der Waals surface area contributed by atoms with E-state index in [9.17, 15) is 13.2 Å². The van der Waals surface area contributed by atoms with Crippen molar-refractivity contribution in [1.82, 2.24) is 4.31 Å². The van der Waals surface area contributed by atoms with Crippen LogP contribution in [0.4, 0.5) is 0 Å². The Labute approximate surface area is 147 Å². The maximum absolute atomic E-state index is 13.0. The summed E-state index contributed by atoms with van der Waals surface area (Å²) in [6.45, 7) is 3.62. The van der Waals surface area contributed by atoms with Gasteiger partial charge in [0.2, 0.25) is 10.0 Å². The lowest BCUT2D eigenvalue weighted by molar-refractivity contribution is -0.149. The molecule has 0 amide bonds. The molecule has 0 saturated carbocycles. The van der Waals surface area contributed by atoms with Crippen molar-refractivity contribution in [2.75, 3.05) is 32.9 Å². The van der Waals surface area contributed by atoms with Gasteiger partial charge in [0, 0.05) is 25.6 Å². The Morgan fingerprint density at radius 1 is 1.24 bits per heavy atom. The van der Waals surface area contributed by atoms with E-state index in [-0.39, 0.29) is 17.4 Å². The van der Waals surface area contributed by atoms with Gasteiger partial charge in [-0.3, -0.25) is 4.79 Å². The van der Waals surface area contributed by atoms with Gasteiger partial charge in [0.15, 0.2) is 11.5 Å². The third kappa shape index (κ3) is 3.90. The second-order valence-electron chi connectivity index (χ2n) is 6.11. The minimum Gasteiger partial charge on any atom is -0.490 e. The molecule has 1 atom stereocenters. The summed E-state index contributed by atoms with van der Waals surface area (Å²) in [7, 11) is -3.70. The Kier molecular flexibility index (Phi) is 5.48. The average molecular weight is 369 g/mol. The van der Waals surface area contributed by atoms with Crippen molar-refractivity contribution in [2.45, 2.75) is 31.1 Å². The Morgan fingerprint density at radius 2 is 2.00 bits per heavy atom. The molecule has 2 heterocycles. The van der Waals surface area contributed by atoms with Crippen molar-refractivity contribution in [3.8, 4) is 11.5 Å². The largest absolute Gasteiger partial charge is 0.490 e. The predicted molar refractivity (Wildman–Crippen MR) is 90.2 cm³/mol. The molecule has 0 radical (unpaired) electrons. The van der Waals surface area contributed by atoms with E-state index in [4.69, 9.17) is 14.2 Å². The van der Waals surface area contributed by atoms with Gasteiger partial charge in [-0.05, 0) is 31.9 Å². The number of ether oxygens (including phenoxy) is 3. The molecule has 1 unspecified atom stereocenters. The molecular formula is C17H23NO6S. The van der Waals surface area contributed by atoms with Crippen LogP contribution in [0.2, 0.25) is 0 Å². The van der Waals surface area contributed by atoms with E-state index in [0.717, 1.165) is 6.42 Å². The van der Waals surface area contributed by atoms with E-state index in [2.05, 4.69) is 0 Å². The molecule has 0 aliphatic carbocycles. The van der Waals surface area contributed by atoms with Crippen LogP contribution in [0.3, 0.4) is 0 Å². The minimum atomic E-state index is -3.70. The van der Waals surface area contributed by atoms with Crippen LogP contribution in [0.1, 0.15) is 26.2 Å². The lowest BCUT2D eigenvalue weighted by Gasteiger charge is -2.30. The smallest absolute Gasteiger partial charge is 0.310 e. The van der Waals surface area contributed by atoms with Gasteiger partial charge in [-0.25, -0.2) is 8.42 Å². The summed E-state index contributed by atoms with van der Waals surface area (Å²) in [5.74, 6) is 0.252. The molecular weight excluding hydrogens is 346 g/mol. The number of nitrogens with zero attached hydrogens (tertiary/aromatic N) is 1. The van der Waals surface area contributed by atoms with Crippen molar-refractivity contribution >= 4 is 16.0 Å². The number of carbonyl (C=O) groups is 1. The quantitative estimate of drug-likeness (QED) is 0.753. The van der Waals surface area contributed by atoms with Gasteiger partial charge in [-0.2, -0.15) is 4.31 Å². The molecule has 0 spiro atoms. The number of hydrogen-bond donors (Lipinski definition) is 0. The molecule has 25 heavy (non-hydrogen) atoms. The molecule has 3 rings (SSSR count). The highest BCUT2D eigenvalue weighted by Crippen LogP contribution is 2.33.